The Labute approximate surface area is 93.6 Å². The third kappa shape index (κ3) is 1.91. The first kappa shape index (κ1) is 10.7. The molecule has 1 heterocycles. The van der Waals surface area contributed by atoms with Gasteiger partial charge in [-0.05, 0) is 18.6 Å². The third-order valence-electron chi connectivity index (χ3n) is 2.52. The number of ketones is 1. The summed E-state index contributed by atoms with van der Waals surface area (Å²) >= 11 is 0. The summed E-state index contributed by atoms with van der Waals surface area (Å²) in [6.45, 7) is 3.72. The van der Waals surface area contributed by atoms with E-state index in [2.05, 4.69) is 5.32 Å². The van der Waals surface area contributed by atoms with Gasteiger partial charge in [-0.25, -0.2) is 0 Å². The average molecular weight is 219 g/mol. The van der Waals surface area contributed by atoms with E-state index in [1.165, 1.54) is 6.92 Å². The monoisotopic (exact) mass is 219 g/mol. The zero-order valence-electron chi connectivity index (χ0n) is 9.29. The van der Waals surface area contributed by atoms with Crippen LogP contribution in [0.5, 0.6) is 5.75 Å². The van der Waals surface area contributed by atoms with E-state index < -0.39 is 0 Å². The van der Waals surface area contributed by atoms with Crippen LogP contribution in [0.2, 0.25) is 0 Å². The maximum Gasteiger partial charge on any atom is 0.221 e. The molecule has 0 saturated carbocycles. The van der Waals surface area contributed by atoms with Gasteiger partial charge in [-0.2, -0.15) is 0 Å². The molecule has 0 aliphatic carbocycles. The van der Waals surface area contributed by atoms with Gasteiger partial charge in [0.05, 0.1) is 12.2 Å². The van der Waals surface area contributed by atoms with Crippen LogP contribution in [0.25, 0.3) is 0 Å². The number of hydrogen-bond donors (Lipinski definition) is 1. The quantitative estimate of drug-likeness (QED) is 0.785. The number of amides is 1. The van der Waals surface area contributed by atoms with Gasteiger partial charge in [-0.15, -0.1) is 0 Å². The molecule has 0 aromatic heterocycles. The van der Waals surface area contributed by atoms with Crippen LogP contribution >= 0.6 is 0 Å². The van der Waals surface area contributed by atoms with Crippen LogP contribution in [0, 0.1) is 6.92 Å². The molecule has 1 aliphatic rings. The van der Waals surface area contributed by atoms with Crippen molar-refractivity contribution in [2.45, 2.75) is 20.3 Å². The molecule has 0 unspecified atom stereocenters. The summed E-state index contributed by atoms with van der Waals surface area (Å²) in [5.41, 5.74) is 2.17. The van der Waals surface area contributed by atoms with Crippen LogP contribution in [0.3, 0.4) is 0 Å². The minimum Gasteiger partial charge on any atom is -0.492 e. The van der Waals surface area contributed by atoms with Gasteiger partial charge in [0.1, 0.15) is 5.75 Å². The van der Waals surface area contributed by atoms with Crippen LogP contribution in [-0.2, 0) is 4.79 Å². The molecule has 0 radical (unpaired) electrons. The lowest BCUT2D eigenvalue weighted by atomic mass is 10.0. The molecule has 1 aromatic carbocycles. The van der Waals surface area contributed by atoms with Crippen molar-refractivity contribution in [3.8, 4) is 5.75 Å². The van der Waals surface area contributed by atoms with E-state index in [4.69, 9.17) is 4.74 Å². The molecule has 1 N–H and O–H groups in total. The van der Waals surface area contributed by atoms with Gasteiger partial charge in [-0.1, -0.05) is 0 Å². The molecule has 0 saturated heterocycles. The van der Waals surface area contributed by atoms with E-state index in [9.17, 15) is 9.59 Å². The molecule has 0 spiro atoms. The number of carbonyl (C=O) groups excluding carboxylic acids is 2. The summed E-state index contributed by atoms with van der Waals surface area (Å²) in [5.74, 6) is 0.523. The van der Waals surface area contributed by atoms with E-state index >= 15 is 0 Å². The number of Topliss-reactive ketones (excluding diaryl/α,β-unsaturated/α-hetero) is 1. The largest absolute Gasteiger partial charge is 0.492 e. The van der Waals surface area contributed by atoms with Crippen molar-refractivity contribution < 1.29 is 14.3 Å². The Balaban J connectivity index is 2.44. The number of ether oxygens (including phenoxy) is 1. The van der Waals surface area contributed by atoms with Crippen LogP contribution in [0.15, 0.2) is 12.1 Å². The van der Waals surface area contributed by atoms with Crippen molar-refractivity contribution in [3.63, 3.8) is 0 Å². The lowest BCUT2D eigenvalue weighted by Crippen LogP contribution is -2.16. The summed E-state index contributed by atoms with van der Waals surface area (Å²) in [7, 11) is 0. The van der Waals surface area contributed by atoms with E-state index in [1.54, 1.807) is 12.1 Å². The van der Waals surface area contributed by atoms with Gasteiger partial charge in [-0.3, -0.25) is 9.59 Å². The topological polar surface area (TPSA) is 55.4 Å². The minimum absolute atomic E-state index is 0.0960. The van der Waals surface area contributed by atoms with Gasteiger partial charge < -0.3 is 10.1 Å². The number of rotatable bonds is 1. The molecular formula is C12H13NO3. The zero-order chi connectivity index (χ0) is 11.7. The highest BCUT2D eigenvalue weighted by molar-refractivity contribution is 6.01. The smallest absolute Gasteiger partial charge is 0.221 e. The second-order valence-electron chi connectivity index (χ2n) is 3.87. The molecule has 0 bridgehead atoms. The molecule has 0 atom stereocenters. The summed E-state index contributed by atoms with van der Waals surface area (Å²) in [4.78, 5) is 22.6. The van der Waals surface area contributed by atoms with E-state index in [0.29, 0.717) is 30.0 Å². The predicted octanol–water partition coefficient (Wildman–Crippen LogP) is 1.92. The lowest BCUT2D eigenvalue weighted by Gasteiger charge is -2.18. The average Bonchev–Trinajstić information content (AvgIpc) is 2.20. The maximum absolute atomic E-state index is 11.6. The summed E-state index contributed by atoms with van der Waals surface area (Å²) in [6.07, 6.45) is 0.423. The first-order valence-corrected chi connectivity index (χ1v) is 5.16. The number of fused-ring (bicyclic) bond motifs is 1. The summed E-state index contributed by atoms with van der Waals surface area (Å²) in [5, 5.41) is 2.71. The first-order valence-electron chi connectivity index (χ1n) is 5.16. The number of carbonyl (C=O) groups is 2. The Hall–Kier alpha value is -1.84. The SMILES string of the molecule is CC(=O)Nc1cc2c(cc1C)C(=O)CCO2. The molecule has 1 aliphatic heterocycles. The Bertz CT molecular complexity index is 466. The molecule has 1 aromatic rings. The van der Waals surface area contributed by atoms with Gasteiger partial charge >= 0.3 is 0 Å². The number of aryl methyl sites for hydroxylation is 1. The van der Waals surface area contributed by atoms with Crippen molar-refractivity contribution >= 4 is 17.4 Å². The normalized spacial score (nSPS) is 14.0. The van der Waals surface area contributed by atoms with Gasteiger partial charge in [0.25, 0.3) is 0 Å². The fraction of sp³-hybridized carbons (Fsp3) is 0.333. The van der Waals surface area contributed by atoms with Crippen molar-refractivity contribution in [2.24, 2.45) is 0 Å². The standard InChI is InChI=1S/C12H13NO3/c1-7-5-9-11(15)3-4-16-12(9)6-10(7)13-8(2)14/h5-6H,3-4H2,1-2H3,(H,13,14). The number of benzene rings is 1. The van der Waals surface area contributed by atoms with Crippen molar-refractivity contribution in [3.05, 3.63) is 23.3 Å². The Morgan fingerprint density at radius 2 is 2.19 bits per heavy atom. The zero-order valence-corrected chi connectivity index (χ0v) is 9.29. The Morgan fingerprint density at radius 3 is 2.88 bits per heavy atom. The summed E-state index contributed by atoms with van der Waals surface area (Å²) in [6, 6.07) is 3.48. The summed E-state index contributed by atoms with van der Waals surface area (Å²) < 4.78 is 5.40. The Morgan fingerprint density at radius 1 is 1.44 bits per heavy atom. The van der Waals surface area contributed by atoms with Crippen molar-refractivity contribution in [1.82, 2.24) is 0 Å². The van der Waals surface area contributed by atoms with Gasteiger partial charge in [0.2, 0.25) is 5.91 Å². The van der Waals surface area contributed by atoms with Crippen LogP contribution in [-0.4, -0.2) is 18.3 Å². The van der Waals surface area contributed by atoms with Crippen molar-refractivity contribution in [2.75, 3.05) is 11.9 Å². The molecule has 0 fully saturated rings. The highest BCUT2D eigenvalue weighted by Gasteiger charge is 2.20. The van der Waals surface area contributed by atoms with Crippen molar-refractivity contribution in [1.29, 1.82) is 0 Å². The second kappa shape index (κ2) is 3.96. The molecular weight excluding hydrogens is 206 g/mol. The van der Waals surface area contributed by atoms with E-state index in [-0.39, 0.29) is 11.7 Å². The molecule has 2 rings (SSSR count). The first-order chi connectivity index (χ1) is 7.58. The highest BCUT2D eigenvalue weighted by atomic mass is 16.5. The molecule has 1 amide bonds. The molecule has 4 nitrogen and oxygen atoms in total. The lowest BCUT2D eigenvalue weighted by molar-refractivity contribution is -0.114. The Kier molecular flexibility index (Phi) is 2.64. The van der Waals surface area contributed by atoms with E-state index in [0.717, 1.165) is 5.56 Å². The number of hydrogen-bond acceptors (Lipinski definition) is 3. The fourth-order valence-corrected chi connectivity index (χ4v) is 1.74. The molecule has 4 heteroatoms. The van der Waals surface area contributed by atoms with Crippen LogP contribution < -0.4 is 10.1 Å². The van der Waals surface area contributed by atoms with Gasteiger partial charge in [0, 0.05) is 25.1 Å². The van der Waals surface area contributed by atoms with Gasteiger partial charge in [0.15, 0.2) is 5.78 Å². The predicted molar refractivity (Wildman–Crippen MR) is 59.9 cm³/mol. The third-order valence-corrected chi connectivity index (χ3v) is 2.52. The van der Waals surface area contributed by atoms with Crippen LogP contribution in [0.4, 0.5) is 5.69 Å². The fourth-order valence-electron chi connectivity index (χ4n) is 1.74. The molecule has 84 valence electrons. The number of nitrogens with one attached hydrogen (secondary N) is 1. The van der Waals surface area contributed by atoms with Crippen LogP contribution in [0.1, 0.15) is 29.3 Å². The highest BCUT2D eigenvalue weighted by Crippen LogP contribution is 2.30. The maximum atomic E-state index is 11.6. The number of anilines is 1. The minimum atomic E-state index is -0.134. The second-order valence-corrected chi connectivity index (χ2v) is 3.87. The molecule has 16 heavy (non-hydrogen) atoms. The van der Waals surface area contributed by atoms with E-state index in [1.807, 2.05) is 6.92 Å².